The fourth-order valence-corrected chi connectivity index (χ4v) is 1.65. The molecule has 1 saturated carbocycles. The fraction of sp³-hybridized carbons (Fsp3) is 0.429. The van der Waals surface area contributed by atoms with Crippen molar-refractivity contribution in [2.24, 2.45) is 0 Å². The first-order valence-electron chi connectivity index (χ1n) is 5.69. The van der Waals surface area contributed by atoms with Crippen LogP contribution in [0.4, 0.5) is 0 Å². The molecule has 0 atom stereocenters. The van der Waals surface area contributed by atoms with Crippen LogP contribution in [0.5, 0.6) is 5.75 Å². The number of benzene rings is 1. The van der Waals surface area contributed by atoms with Gasteiger partial charge in [0.1, 0.15) is 12.4 Å². The Labute approximate surface area is 97.0 Å². The first kappa shape index (κ1) is 11.0. The van der Waals surface area contributed by atoms with Crippen molar-refractivity contribution < 1.29 is 4.74 Å². The molecule has 1 aromatic rings. The second-order valence-electron chi connectivity index (χ2n) is 4.26. The maximum atomic E-state index is 5.52. The lowest BCUT2D eigenvalue weighted by atomic mass is 10.1. The summed E-state index contributed by atoms with van der Waals surface area (Å²) in [7, 11) is 0. The van der Waals surface area contributed by atoms with E-state index < -0.39 is 0 Å². The van der Waals surface area contributed by atoms with E-state index in [1.807, 2.05) is 12.1 Å². The Balaban J connectivity index is 2.04. The average Bonchev–Trinajstić information content (AvgIpc) is 3.09. The molecule has 2 nitrogen and oxygen atoms in total. The van der Waals surface area contributed by atoms with Crippen molar-refractivity contribution in [1.29, 1.82) is 0 Å². The molecule has 1 fully saturated rings. The van der Waals surface area contributed by atoms with Crippen LogP contribution in [-0.4, -0.2) is 12.6 Å². The summed E-state index contributed by atoms with van der Waals surface area (Å²) in [6.07, 6.45) is 7.79. The monoisotopic (exact) mass is 215 g/mol. The normalized spacial score (nSPS) is 14.5. The van der Waals surface area contributed by atoms with Crippen LogP contribution in [0.2, 0.25) is 0 Å². The molecule has 0 radical (unpaired) electrons. The number of hydrogen-bond donors (Lipinski definition) is 1. The third-order valence-corrected chi connectivity index (χ3v) is 2.69. The maximum absolute atomic E-state index is 5.52. The molecule has 0 heterocycles. The summed E-state index contributed by atoms with van der Waals surface area (Å²) in [5.74, 6) is 3.39. The van der Waals surface area contributed by atoms with Crippen LogP contribution in [0.1, 0.15) is 24.0 Å². The first-order valence-corrected chi connectivity index (χ1v) is 5.69. The Kier molecular flexibility index (Phi) is 3.48. The number of terminal acetylenes is 1. The van der Waals surface area contributed by atoms with Crippen molar-refractivity contribution >= 4 is 0 Å². The van der Waals surface area contributed by atoms with Crippen molar-refractivity contribution in [3.05, 3.63) is 29.3 Å². The van der Waals surface area contributed by atoms with E-state index in [4.69, 9.17) is 11.2 Å². The van der Waals surface area contributed by atoms with Gasteiger partial charge >= 0.3 is 0 Å². The van der Waals surface area contributed by atoms with Crippen LogP contribution in [0.3, 0.4) is 0 Å². The largest absolute Gasteiger partial charge is 0.481 e. The highest BCUT2D eigenvalue weighted by Gasteiger charge is 2.20. The Hall–Kier alpha value is -1.46. The van der Waals surface area contributed by atoms with E-state index >= 15 is 0 Å². The van der Waals surface area contributed by atoms with E-state index in [0.717, 1.165) is 12.3 Å². The third kappa shape index (κ3) is 3.01. The second kappa shape index (κ2) is 5.05. The summed E-state index contributed by atoms with van der Waals surface area (Å²) in [5.41, 5.74) is 2.45. The molecule has 1 aromatic carbocycles. The summed E-state index contributed by atoms with van der Waals surface area (Å²) >= 11 is 0. The van der Waals surface area contributed by atoms with E-state index in [9.17, 15) is 0 Å². The van der Waals surface area contributed by atoms with Crippen molar-refractivity contribution in [1.82, 2.24) is 5.32 Å². The van der Waals surface area contributed by atoms with Crippen LogP contribution in [-0.2, 0) is 6.54 Å². The van der Waals surface area contributed by atoms with Gasteiger partial charge in [-0.05, 0) is 25.8 Å². The van der Waals surface area contributed by atoms with E-state index in [1.165, 1.54) is 24.0 Å². The summed E-state index contributed by atoms with van der Waals surface area (Å²) in [4.78, 5) is 0. The predicted molar refractivity (Wildman–Crippen MR) is 65.4 cm³/mol. The lowest BCUT2D eigenvalue weighted by Gasteiger charge is -2.11. The predicted octanol–water partition coefficient (Wildman–Crippen LogP) is 2.26. The van der Waals surface area contributed by atoms with Crippen LogP contribution < -0.4 is 10.1 Å². The number of nitrogens with one attached hydrogen (secondary N) is 1. The number of hydrogen-bond acceptors (Lipinski definition) is 2. The number of rotatable bonds is 5. The van der Waals surface area contributed by atoms with Crippen molar-refractivity contribution in [2.45, 2.75) is 32.4 Å². The molecule has 1 aliphatic carbocycles. The van der Waals surface area contributed by atoms with Gasteiger partial charge < -0.3 is 10.1 Å². The fourth-order valence-electron chi connectivity index (χ4n) is 1.65. The zero-order valence-corrected chi connectivity index (χ0v) is 9.62. The average molecular weight is 215 g/mol. The maximum Gasteiger partial charge on any atom is 0.148 e. The Bertz CT molecular complexity index is 402. The Morgan fingerprint density at radius 2 is 2.31 bits per heavy atom. The lowest BCUT2D eigenvalue weighted by molar-refractivity contribution is 0.364. The molecule has 0 aromatic heterocycles. The Morgan fingerprint density at radius 1 is 1.50 bits per heavy atom. The van der Waals surface area contributed by atoms with Crippen molar-refractivity contribution in [3.8, 4) is 18.1 Å². The molecular formula is C14H17NO. The number of aryl methyl sites for hydroxylation is 1. The standard InChI is InChI=1S/C14H17NO/c1-3-8-16-14-7-4-11(2)9-12(14)10-15-13-5-6-13/h1,4,7,9,13,15H,5-6,8,10H2,2H3. The molecule has 0 bridgehead atoms. The molecule has 0 spiro atoms. The van der Waals surface area contributed by atoms with Crippen molar-refractivity contribution in [3.63, 3.8) is 0 Å². The highest BCUT2D eigenvalue weighted by molar-refractivity contribution is 5.37. The van der Waals surface area contributed by atoms with Gasteiger partial charge in [0, 0.05) is 18.2 Å². The summed E-state index contributed by atoms with van der Waals surface area (Å²) in [6.45, 7) is 3.29. The summed E-state index contributed by atoms with van der Waals surface area (Å²) in [6, 6.07) is 6.91. The quantitative estimate of drug-likeness (QED) is 0.761. The molecule has 2 heteroatoms. The van der Waals surface area contributed by atoms with Gasteiger partial charge in [-0.15, -0.1) is 6.42 Å². The van der Waals surface area contributed by atoms with Gasteiger partial charge in [0.25, 0.3) is 0 Å². The van der Waals surface area contributed by atoms with Gasteiger partial charge in [-0.2, -0.15) is 0 Å². The lowest BCUT2D eigenvalue weighted by Crippen LogP contribution is -2.16. The van der Waals surface area contributed by atoms with E-state index in [2.05, 4.69) is 24.2 Å². The molecule has 0 amide bonds. The molecule has 84 valence electrons. The highest BCUT2D eigenvalue weighted by Crippen LogP contribution is 2.23. The van der Waals surface area contributed by atoms with E-state index in [1.54, 1.807) is 0 Å². The zero-order chi connectivity index (χ0) is 11.4. The van der Waals surface area contributed by atoms with E-state index in [-0.39, 0.29) is 0 Å². The van der Waals surface area contributed by atoms with Gasteiger partial charge in [0.15, 0.2) is 0 Å². The minimum atomic E-state index is 0.333. The van der Waals surface area contributed by atoms with Crippen LogP contribution in [0.15, 0.2) is 18.2 Å². The molecule has 0 saturated heterocycles. The van der Waals surface area contributed by atoms with Gasteiger partial charge in [-0.3, -0.25) is 0 Å². The zero-order valence-electron chi connectivity index (χ0n) is 9.62. The Morgan fingerprint density at radius 3 is 3.00 bits per heavy atom. The molecule has 0 unspecified atom stereocenters. The SMILES string of the molecule is C#CCOc1ccc(C)cc1CNC1CC1. The first-order chi connectivity index (χ1) is 7.79. The molecule has 0 aliphatic heterocycles. The van der Waals surface area contributed by atoms with Crippen molar-refractivity contribution in [2.75, 3.05) is 6.61 Å². The van der Waals surface area contributed by atoms with Crippen LogP contribution >= 0.6 is 0 Å². The second-order valence-corrected chi connectivity index (χ2v) is 4.26. The minimum absolute atomic E-state index is 0.333. The van der Waals surface area contributed by atoms with Gasteiger partial charge in [0.2, 0.25) is 0 Å². The molecular weight excluding hydrogens is 198 g/mol. The molecule has 16 heavy (non-hydrogen) atoms. The third-order valence-electron chi connectivity index (χ3n) is 2.69. The topological polar surface area (TPSA) is 21.3 Å². The van der Waals surface area contributed by atoms with E-state index in [0.29, 0.717) is 12.6 Å². The van der Waals surface area contributed by atoms with Gasteiger partial charge in [-0.25, -0.2) is 0 Å². The number of ether oxygens (including phenoxy) is 1. The smallest absolute Gasteiger partial charge is 0.148 e. The molecule has 2 rings (SSSR count). The summed E-state index contributed by atoms with van der Waals surface area (Å²) in [5, 5.41) is 3.49. The molecule has 1 N–H and O–H groups in total. The van der Waals surface area contributed by atoms with Crippen LogP contribution in [0.25, 0.3) is 0 Å². The molecule has 1 aliphatic rings. The summed E-state index contributed by atoms with van der Waals surface area (Å²) < 4.78 is 5.52. The highest BCUT2D eigenvalue weighted by atomic mass is 16.5. The minimum Gasteiger partial charge on any atom is -0.481 e. The van der Waals surface area contributed by atoms with Crippen LogP contribution in [0, 0.1) is 19.3 Å². The van der Waals surface area contributed by atoms with Gasteiger partial charge in [0.05, 0.1) is 0 Å². The van der Waals surface area contributed by atoms with Gasteiger partial charge in [-0.1, -0.05) is 23.6 Å².